The lowest BCUT2D eigenvalue weighted by Gasteiger charge is -2.11. The lowest BCUT2D eigenvalue weighted by atomic mass is 10.1. The molecule has 1 atom stereocenters. The van der Waals surface area contributed by atoms with Crippen molar-refractivity contribution in [2.45, 2.75) is 44.2 Å². The Hall–Kier alpha value is -0.170. The summed E-state index contributed by atoms with van der Waals surface area (Å²) in [6, 6.07) is 4.78. The van der Waals surface area contributed by atoms with Crippen molar-refractivity contribution in [3.8, 4) is 0 Å². The molecule has 2 aromatic rings. The Morgan fingerprint density at radius 1 is 1.40 bits per heavy atom. The van der Waals surface area contributed by atoms with E-state index in [0.717, 1.165) is 25.3 Å². The molecule has 0 bridgehead atoms. The molecule has 3 rings (SSSR count). The maximum absolute atomic E-state index is 6.31. The third-order valence-electron chi connectivity index (χ3n) is 3.87. The highest BCUT2D eigenvalue weighted by Gasteiger charge is 2.19. The van der Waals surface area contributed by atoms with Gasteiger partial charge in [0.15, 0.2) is 0 Å². The molecule has 0 aromatic carbocycles. The molecule has 108 valence electrons. The minimum Gasteiger partial charge on any atom is -0.324 e. The molecular weight excluding hydrogens is 402 g/mol. The maximum atomic E-state index is 6.31. The zero-order valence-electron chi connectivity index (χ0n) is 11.1. The van der Waals surface area contributed by atoms with E-state index in [1.54, 1.807) is 11.3 Å². The SMILES string of the molecule is NC(Cc1ccn(C2CCCC2)n1)c1cc(Br)sc1Br. The second-order valence-corrected chi connectivity index (χ2v) is 9.06. The molecule has 1 saturated carbocycles. The van der Waals surface area contributed by atoms with Crippen LogP contribution in [0.1, 0.15) is 49.0 Å². The van der Waals surface area contributed by atoms with Gasteiger partial charge in [0.2, 0.25) is 0 Å². The largest absolute Gasteiger partial charge is 0.324 e. The number of aromatic nitrogens is 2. The van der Waals surface area contributed by atoms with Crippen molar-refractivity contribution < 1.29 is 0 Å². The van der Waals surface area contributed by atoms with Gasteiger partial charge in [0.25, 0.3) is 0 Å². The summed E-state index contributed by atoms with van der Waals surface area (Å²) < 4.78 is 4.34. The summed E-state index contributed by atoms with van der Waals surface area (Å²) in [5.41, 5.74) is 8.54. The molecule has 2 aromatic heterocycles. The molecule has 0 aliphatic heterocycles. The smallest absolute Gasteiger partial charge is 0.0758 e. The molecule has 6 heteroatoms. The molecule has 3 nitrogen and oxygen atoms in total. The summed E-state index contributed by atoms with van der Waals surface area (Å²) in [7, 11) is 0. The van der Waals surface area contributed by atoms with Gasteiger partial charge in [0, 0.05) is 18.7 Å². The van der Waals surface area contributed by atoms with E-state index in [0.29, 0.717) is 6.04 Å². The highest BCUT2D eigenvalue weighted by molar-refractivity contribution is 9.12. The van der Waals surface area contributed by atoms with E-state index in [1.165, 1.54) is 25.7 Å². The molecule has 2 heterocycles. The highest BCUT2D eigenvalue weighted by atomic mass is 79.9. The van der Waals surface area contributed by atoms with Gasteiger partial charge in [-0.1, -0.05) is 12.8 Å². The fourth-order valence-electron chi connectivity index (χ4n) is 2.80. The summed E-state index contributed by atoms with van der Waals surface area (Å²) in [6.07, 6.45) is 8.06. The van der Waals surface area contributed by atoms with Gasteiger partial charge in [-0.3, -0.25) is 4.68 Å². The van der Waals surface area contributed by atoms with Crippen molar-refractivity contribution in [1.29, 1.82) is 0 Å². The van der Waals surface area contributed by atoms with Crippen molar-refractivity contribution in [1.82, 2.24) is 9.78 Å². The van der Waals surface area contributed by atoms with Crippen LogP contribution >= 0.6 is 43.2 Å². The molecule has 1 fully saturated rings. The number of rotatable bonds is 4. The number of thiophene rings is 1. The van der Waals surface area contributed by atoms with E-state index >= 15 is 0 Å². The second-order valence-electron chi connectivity index (χ2n) is 5.32. The van der Waals surface area contributed by atoms with Crippen LogP contribution in [-0.4, -0.2) is 9.78 Å². The molecule has 2 N–H and O–H groups in total. The fourth-order valence-corrected chi connectivity index (χ4v) is 5.80. The molecule has 0 spiro atoms. The summed E-state index contributed by atoms with van der Waals surface area (Å²) >= 11 is 8.73. The first-order chi connectivity index (χ1) is 9.63. The van der Waals surface area contributed by atoms with Gasteiger partial charge >= 0.3 is 0 Å². The minimum atomic E-state index is -0.0150. The maximum Gasteiger partial charge on any atom is 0.0758 e. The molecule has 20 heavy (non-hydrogen) atoms. The van der Waals surface area contributed by atoms with Crippen molar-refractivity contribution >= 4 is 43.2 Å². The van der Waals surface area contributed by atoms with Gasteiger partial charge in [0.05, 0.1) is 19.3 Å². The standard InChI is InChI=1S/C14H17Br2N3S/c15-13-8-11(14(16)20-13)12(17)7-9-5-6-19(18-9)10-3-1-2-4-10/h5-6,8,10,12H,1-4,7,17H2. The van der Waals surface area contributed by atoms with Gasteiger partial charge in [-0.15, -0.1) is 11.3 Å². The summed E-state index contributed by atoms with van der Waals surface area (Å²) in [5.74, 6) is 0. The molecular formula is C14H17Br2N3S. The van der Waals surface area contributed by atoms with Crippen molar-refractivity contribution in [3.05, 3.63) is 37.2 Å². The normalized spacial score (nSPS) is 17.8. The topological polar surface area (TPSA) is 43.8 Å². The van der Waals surface area contributed by atoms with Crippen molar-refractivity contribution in [3.63, 3.8) is 0 Å². The van der Waals surface area contributed by atoms with Crippen LogP contribution in [0, 0.1) is 0 Å². The Kier molecular flexibility index (Phi) is 4.65. The van der Waals surface area contributed by atoms with E-state index in [4.69, 9.17) is 10.8 Å². The van der Waals surface area contributed by atoms with E-state index in [1.807, 2.05) is 0 Å². The molecule has 1 aliphatic rings. The predicted octanol–water partition coefficient (Wildman–Crippen LogP) is 4.83. The summed E-state index contributed by atoms with van der Waals surface area (Å²) in [6.45, 7) is 0. The number of hydrogen-bond donors (Lipinski definition) is 1. The lowest BCUT2D eigenvalue weighted by Crippen LogP contribution is -2.14. The van der Waals surface area contributed by atoms with Crippen LogP contribution in [0.5, 0.6) is 0 Å². The third kappa shape index (κ3) is 3.18. The van der Waals surface area contributed by atoms with Crippen LogP contribution in [0.3, 0.4) is 0 Å². The van der Waals surface area contributed by atoms with Gasteiger partial charge in [0.1, 0.15) is 0 Å². The Bertz CT molecular complexity index is 587. The Balaban J connectivity index is 1.69. The molecule has 1 aliphatic carbocycles. The highest BCUT2D eigenvalue weighted by Crippen LogP contribution is 2.35. The van der Waals surface area contributed by atoms with Crippen LogP contribution in [-0.2, 0) is 6.42 Å². The molecule has 1 unspecified atom stereocenters. The fraction of sp³-hybridized carbons (Fsp3) is 0.500. The van der Waals surface area contributed by atoms with E-state index in [9.17, 15) is 0 Å². The van der Waals surface area contributed by atoms with Crippen LogP contribution in [0.15, 0.2) is 25.9 Å². The van der Waals surface area contributed by atoms with Crippen LogP contribution < -0.4 is 5.73 Å². The quantitative estimate of drug-likeness (QED) is 0.772. The van der Waals surface area contributed by atoms with E-state index in [-0.39, 0.29) is 6.04 Å². The van der Waals surface area contributed by atoms with Gasteiger partial charge < -0.3 is 5.73 Å². The average Bonchev–Trinajstić information content (AvgIpc) is 3.09. The summed E-state index contributed by atoms with van der Waals surface area (Å²) in [4.78, 5) is 0. The Morgan fingerprint density at radius 2 is 2.15 bits per heavy atom. The number of halogens is 2. The van der Waals surface area contributed by atoms with Gasteiger partial charge in [-0.2, -0.15) is 5.10 Å². The van der Waals surface area contributed by atoms with Crippen LogP contribution in [0.25, 0.3) is 0 Å². The number of hydrogen-bond acceptors (Lipinski definition) is 3. The molecule has 0 radical (unpaired) electrons. The summed E-state index contributed by atoms with van der Waals surface area (Å²) in [5, 5.41) is 4.71. The average molecular weight is 419 g/mol. The van der Waals surface area contributed by atoms with Crippen molar-refractivity contribution in [2.75, 3.05) is 0 Å². The first-order valence-corrected chi connectivity index (χ1v) is 9.28. The zero-order valence-corrected chi connectivity index (χ0v) is 15.0. The van der Waals surface area contributed by atoms with Crippen LogP contribution in [0.2, 0.25) is 0 Å². The van der Waals surface area contributed by atoms with Crippen LogP contribution in [0.4, 0.5) is 0 Å². The Labute approximate surface area is 139 Å². The molecule has 0 amide bonds. The molecule has 0 saturated heterocycles. The predicted molar refractivity (Wildman–Crippen MR) is 90.1 cm³/mol. The van der Waals surface area contributed by atoms with E-state index in [2.05, 4.69) is 54.9 Å². The lowest BCUT2D eigenvalue weighted by molar-refractivity contribution is 0.461. The van der Waals surface area contributed by atoms with Crippen molar-refractivity contribution in [2.24, 2.45) is 5.73 Å². The van der Waals surface area contributed by atoms with Gasteiger partial charge in [-0.05, 0) is 62.4 Å². The van der Waals surface area contributed by atoms with E-state index < -0.39 is 0 Å². The van der Waals surface area contributed by atoms with Gasteiger partial charge in [-0.25, -0.2) is 0 Å². The third-order valence-corrected chi connectivity index (χ3v) is 6.26. The minimum absolute atomic E-state index is 0.0150. The number of nitrogens with zero attached hydrogens (tertiary/aromatic N) is 2. The zero-order chi connectivity index (χ0) is 14.1. The second kappa shape index (κ2) is 6.30. The first-order valence-electron chi connectivity index (χ1n) is 6.88. The monoisotopic (exact) mass is 417 g/mol. The Morgan fingerprint density at radius 3 is 2.80 bits per heavy atom. The first kappa shape index (κ1) is 14.8. The number of nitrogens with two attached hydrogens (primary N) is 1.